The third kappa shape index (κ3) is 3.02. The van der Waals surface area contributed by atoms with E-state index in [0.29, 0.717) is 13.2 Å². The molecule has 0 amide bonds. The maximum absolute atomic E-state index is 5.46. The average molecular weight is 189 g/mol. The lowest BCUT2D eigenvalue weighted by atomic mass is 10.3. The molecule has 2 heteroatoms. The van der Waals surface area contributed by atoms with E-state index in [9.17, 15) is 0 Å². The zero-order valence-corrected chi connectivity index (χ0v) is 8.63. The summed E-state index contributed by atoms with van der Waals surface area (Å²) in [7, 11) is 0. The number of ether oxygens (including phenoxy) is 1. The molecule has 0 heterocycles. The molecule has 0 atom stereocenters. The van der Waals surface area contributed by atoms with Crippen LogP contribution >= 0.6 is 0 Å². The predicted molar refractivity (Wildman–Crippen MR) is 59.6 cm³/mol. The summed E-state index contributed by atoms with van der Waals surface area (Å²) in [6.07, 6.45) is 0. The SMILES string of the molecule is CC#CCNc1ccccc1OCC. The molecule has 2 nitrogen and oxygen atoms in total. The fourth-order valence-corrected chi connectivity index (χ4v) is 1.12. The van der Waals surface area contributed by atoms with E-state index in [1.807, 2.05) is 38.1 Å². The van der Waals surface area contributed by atoms with Crippen molar-refractivity contribution in [1.82, 2.24) is 0 Å². The molecular formula is C12H15NO. The Morgan fingerprint density at radius 2 is 2.14 bits per heavy atom. The summed E-state index contributed by atoms with van der Waals surface area (Å²) in [5.41, 5.74) is 0.997. The van der Waals surface area contributed by atoms with Gasteiger partial charge in [-0.1, -0.05) is 18.1 Å². The molecule has 14 heavy (non-hydrogen) atoms. The first-order chi connectivity index (χ1) is 6.88. The second-order valence-electron chi connectivity index (χ2n) is 2.71. The van der Waals surface area contributed by atoms with Gasteiger partial charge in [0.25, 0.3) is 0 Å². The van der Waals surface area contributed by atoms with Gasteiger partial charge in [0.1, 0.15) is 5.75 Å². The van der Waals surface area contributed by atoms with Crippen LogP contribution in [0.2, 0.25) is 0 Å². The van der Waals surface area contributed by atoms with Crippen LogP contribution in [0, 0.1) is 11.8 Å². The molecular weight excluding hydrogens is 174 g/mol. The lowest BCUT2D eigenvalue weighted by molar-refractivity contribution is 0.342. The average Bonchev–Trinajstić information content (AvgIpc) is 2.21. The van der Waals surface area contributed by atoms with Gasteiger partial charge in [0.2, 0.25) is 0 Å². The van der Waals surface area contributed by atoms with Crippen LogP contribution in [0.5, 0.6) is 5.75 Å². The smallest absolute Gasteiger partial charge is 0.142 e. The Bertz CT molecular complexity index is 336. The third-order valence-corrected chi connectivity index (χ3v) is 1.73. The van der Waals surface area contributed by atoms with E-state index in [2.05, 4.69) is 17.2 Å². The second-order valence-corrected chi connectivity index (χ2v) is 2.71. The van der Waals surface area contributed by atoms with Crippen LogP contribution in [0.15, 0.2) is 24.3 Å². The monoisotopic (exact) mass is 189 g/mol. The van der Waals surface area contributed by atoms with Gasteiger partial charge in [-0.15, -0.1) is 5.92 Å². The first kappa shape index (κ1) is 10.5. The molecule has 0 radical (unpaired) electrons. The quantitative estimate of drug-likeness (QED) is 0.735. The van der Waals surface area contributed by atoms with E-state index in [1.54, 1.807) is 0 Å². The molecule has 0 unspecified atom stereocenters. The van der Waals surface area contributed by atoms with Crippen molar-refractivity contribution < 1.29 is 4.74 Å². The number of benzene rings is 1. The number of anilines is 1. The lowest BCUT2D eigenvalue weighted by Crippen LogP contribution is -2.02. The van der Waals surface area contributed by atoms with Crippen molar-refractivity contribution in [3.8, 4) is 17.6 Å². The highest BCUT2D eigenvalue weighted by Crippen LogP contribution is 2.22. The molecule has 0 aliphatic rings. The molecule has 0 saturated carbocycles. The first-order valence-electron chi connectivity index (χ1n) is 4.73. The summed E-state index contributed by atoms with van der Waals surface area (Å²) in [4.78, 5) is 0. The van der Waals surface area contributed by atoms with Gasteiger partial charge in [0, 0.05) is 0 Å². The standard InChI is InChI=1S/C12H15NO/c1-3-5-10-13-11-8-6-7-9-12(11)14-4-2/h6-9,13H,4,10H2,1-2H3. The van der Waals surface area contributed by atoms with Crippen LogP contribution in [0.25, 0.3) is 0 Å². The van der Waals surface area contributed by atoms with E-state index in [-0.39, 0.29) is 0 Å². The fourth-order valence-electron chi connectivity index (χ4n) is 1.12. The molecule has 74 valence electrons. The zero-order chi connectivity index (χ0) is 10.2. The molecule has 1 rings (SSSR count). The largest absolute Gasteiger partial charge is 0.492 e. The molecule has 0 bridgehead atoms. The molecule has 1 aromatic carbocycles. The maximum atomic E-state index is 5.46. The first-order valence-corrected chi connectivity index (χ1v) is 4.73. The van der Waals surface area contributed by atoms with Crippen molar-refractivity contribution in [1.29, 1.82) is 0 Å². The Balaban J connectivity index is 2.67. The summed E-state index contributed by atoms with van der Waals surface area (Å²) < 4.78 is 5.46. The van der Waals surface area contributed by atoms with Crippen LogP contribution < -0.4 is 10.1 Å². The Hall–Kier alpha value is -1.62. The fraction of sp³-hybridized carbons (Fsp3) is 0.333. The molecule has 0 aliphatic carbocycles. The highest BCUT2D eigenvalue weighted by atomic mass is 16.5. The van der Waals surface area contributed by atoms with Crippen molar-refractivity contribution in [3.63, 3.8) is 0 Å². The van der Waals surface area contributed by atoms with Gasteiger partial charge in [-0.05, 0) is 26.0 Å². The van der Waals surface area contributed by atoms with Crippen molar-refractivity contribution in [2.24, 2.45) is 0 Å². The van der Waals surface area contributed by atoms with E-state index in [0.717, 1.165) is 11.4 Å². The highest BCUT2D eigenvalue weighted by molar-refractivity contribution is 5.56. The summed E-state index contributed by atoms with van der Waals surface area (Å²) in [6, 6.07) is 7.87. The third-order valence-electron chi connectivity index (χ3n) is 1.73. The van der Waals surface area contributed by atoms with Gasteiger partial charge in [0.05, 0.1) is 18.8 Å². The van der Waals surface area contributed by atoms with Gasteiger partial charge in [0.15, 0.2) is 0 Å². The summed E-state index contributed by atoms with van der Waals surface area (Å²) in [6.45, 7) is 5.14. The van der Waals surface area contributed by atoms with E-state index in [4.69, 9.17) is 4.74 Å². The van der Waals surface area contributed by atoms with Crippen LogP contribution in [0.1, 0.15) is 13.8 Å². The number of para-hydroxylation sites is 2. The van der Waals surface area contributed by atoms with Crippen molar-refractivity contribution in [2.75, 3.05) is 18.5 Å². The van der Waals surface area contributed by atoms with Crippen LogP contribution in [0.4, 0.5) is 5.69 Å². The number of hydrogen-bond acceptors (Lipinski definition) is 2. The number of nitrogens with one attached hydrogen (secondary N) is 1. The molecule has 1 N–H and O–H groups in total. The summed E-state index contributed by atoms with van der Waals surface area (Å²) >= 11 is 0. The Kier molecular flexibility index (Phi) is 4.43. The van der Waals surface area contributed by atoms with Crippen LogP contribution in [-0.4, -0.2) is 13.2 Å². The normalized spacial score (nSPS) is 8.71. The topological polar surface area (TPSA) is 21.3 Å². The van der Waals surface area contributed by atoms with E-state index in [1.165, 1.54) is 0 Å². The lowest BCUT2D eigenvalue weighted by Gasteiger charge is -2.09. The molecule has 0 aromatic heterocycles. The molecule has 0 fully saturated rings. The van der Waals surface area contributed by atoms with Crippen LogP contribution in [0.3, 0.4) is 0 Å². The predicted octanol–water partition coefficient (Wildman–Crippen LogP) is 2.52. The van der Waals surface area contributed by atoms with Gasteiger partial charge in [-0.25, -0.2) is 0 Å². The molecule has 0 spiro atoms. The highest BCUT2D eigenvalue weighted by Gasteiger charge is 1.99. The van der Waals surface area contributed by atoms with Gasteiger partial charge < -0.3 is 10.1 Å². The minimum atomic E-state index is 0.653. The Morgan fingerprint density at radius 3 is 2.86 bits per heavy atom. The Labute approximate surface area is 85.3 Å². The molecule has 0 aliphatic heterocycles. The van der Waals surface area contributed by atoms with Crippen molar-refractivity contribution >= 4 is 5.69 Å². The molecule has 1 aromatic rings. The summed E-state index contributed by atoms with van der Waals surface area (Å²) in [5.74, 6) is 6.67. The minimum absolute atomic E-state index is 0.653. The van der Waals surface area contributed by atoms with Crippen molar-refractivity contribution in [2.45, 2.75) is 13.8 Å². The Morgan fingerprint density at radius 1 is 1.36 bits per heavy atom. The van der Waals surface area contributed by atoms with Gasteiger partial charge in [-0.2, -0.15) is 0 Å². The van der Waals surface area contributed by atoms with E-state index >= 15 is 0 Å². The minimum Gasteiger partial charge on any atom is -0.492 e. The number of hydrogen-bond donors (Lipinski definition) is 1. The zero-order valence-electron chi connectivity index (χ0n) is 8.63. The second kappa shape index (κ2) is 5.93. The van der Waals surface area contributed by atoms with Gasteiger partial charge in [-0.3, -0.25) is 0 Å². The molecule has 0 saturated heterocycles. The van der Waals surface area contributed by atoms with Gasteiger partial charge >= 0.3 is 0 Å². The maximum Gasteiger partial charge on any atom is 0.142 e. The van der Waals surface area contributed by atoms with E-state index < -0.39 is 0 Å². The number of rotatable bonds is 4. The van der Waals surface area contributed by atoms with Crippen molar-refractivity contribution in [3.05, 3.63) is 24.3 Å². The van der Waals surface area contributed by atoms with Crippen LogP contribution in [-0.2, 0) is 0 Å². The summed E-state index contributed by atoms with van der Waals surface area (Å²) in [5, 5.41) is 3.20.